The van der Waals surface area contributed by atoms with Crippen molar-refractivity contribution in [1.82, 2.24) is 0 Å². The van der Waals surface area contributed by atoms with Crippen LogP contribution in [0.2, 0.25) is 0 Å². The molecule has 21 heavy (non-hydrogen) atoms. The van der Waals surface area contributed by atoms with Gasteiger partial charge in [0, 0.05) is 0 Å². The normalized spacial score (nSPS) is 25.6. The van der Waals surface area contributed by atoms with Crippen LogP contribution in [0.15, 0.2) is 30.3 Å². The van der Waals surface area contributed by atoms with Crippen LogP contribution in [0.25, 0.3) is 0 Å². The van der Waals surface area contributed by atoms with E-state index in [2.05, 4.69) is 20.8 Å². The maximum Gasteiger partial charge on any atom is 0.508 e. The lowest BCUT2D eigenvalue weighted by Gasteiger charge is -2.36. The smallest absolute Gasteiger partial charge is 0.431 e. The molecule has 0 aromatic heterocycles. The van der Waals surface area contributed by atoms with Crippen LogP contribution >= 0.6 is 0 Å². The van der Waals surface area contributed by atoms with Crippen molar-refractivity contribution in [2.24, 2.45) is 17.8 Å². The lowest BCUT2D eigenvalue weighted by Crippen LogP contribution is -2.36. The largest absolute Gasteiger partial charge is 0.508 e. The van der Waals surface area contributed by atoms with Gasteiger partial charge in [-0.15, -0.1) is 0 Å². The molecular formula is C18H26O3. The predicted octanol–water partition coefficient (Wildman–Crippen LogP) is 4.80. The van der Waals surface area contributed by atoms with Crippen LogP contribution in [0.1, 0.15) is 45.6 Å². The maximum atomic E-state index is 11.9. The summed E-state index contributed by atoms with van der Waals surface area (Å²) < 4.78 is 10.8. The van der Waals surface area contributed by atoms with Crippen LogP contribution in [-0.4, -0.2) is 12.3 Å². The predicted molar refractivity (Wildman–Crippen MR) is 82.8 cm³/mol. The minimum atomic E-state index is -0.538. The zero-order chi connectivity index (χ0) is 15.2. The van der Waals surface area contributed by atoms with Crippen LogP contribution in [-0.2, 0) is 16.1 Å². The highest BCUT2D eigenvalue weighted by Crippen LogP contribution is 2.35. The molecule has 2 rings (SSSR count). The first-order chi connectivity index (χ1) is 10.1. The van der Waals surface area contributed by atoms with E-state index in [1.54, 1.807) is 0 Å². The second-order valence-electron chi connectivity index (χ2n) is 6.51. The van der Waals surface area contributed by atoms with E-state index in [1.165, 1.54) is 6.42 Å². The molecule has 0 heterocycles. The number of rotatable bonds is 4. The van der Waals surface area contributed by atoms with Gasteiger partial charge in [-0.3, -0.25) is 0 Å². The van der Waals surface area contributed by atoms with Crippen molar-refractivity contribution in [2.75, 3.05) is 0 Å². The number of hydrogen-bond acceptors (Lipinski definition) is 3. The van der Waals surface area contributed by atoms with Crippen LogP contribution in [0.3, 0.4) is 0 Å². The van der Waals surface area contributed by atoms with E-state index in [1.807, 2.05) is 30.3 Å². The molecule has 0 unspecified atom stereocenters. The Hall–Kier alpha value is -1.51. The van der Waals surface area contributed by atoms with Crippen molar-refractivity contribution in [3.63, 3.8) is 0 Å². The molecule has 3 atom stereocenters. The summed E-state index contributed by atoms with van der Waals surface area (Å²) in [7, 11) is 0. The van der Waals surface area contributed by atoms with E-state index in [0.29, 0.717) is 17.8 Å². The lowest BCUT2D eigenvalue weighted by molar-refractivity contribution is -0.0343. The van der Waals surface area contributed by atoms with Gasteiger partial charge in [-0.1, -0.05) is 57.5 Å². The molecule has 1 aromatic carbocycles. The van der Waals surface area contributed by atoms with E-state index in [9.17, 15) is 4.79 Å². The molecule has 1 aromatic rings. The number of carbonyl (C=O) groups excluding carboxylic acids is 1. The molecule has 1 saturated carbocycles. The van der Waals surface area contributed by atoms with Gasteiger partial charge in [0.25, 0.3) is 0 Å². The molecule has 1 aliphatic carbocycles. The number of ether oxygens (including phenoxy) is 2. The van der Waals surface area contributed by atoms with Crippen molar-refractivity contribution in [1.29, 1.82) is 0 Å². The van der Waals surface area contributed by atoms with E-state index in [-0.39, 0.29) is 12.7 Å². The third-order valence-electron chi connectivity index (χ3n) is 4.41. The second kappa shape index (κ2) is 7.48. The molecule has 3 heteroatoms. The minimum absolute atomic E-state index is 0.00276. The van der Waals surface area contributed by atoms with Crippen LogP contribution in [0.4, 0.5) is 4.79 Å². The Kier molecular flexibility index (Phi) is 5.66. The van der Waals surface area contributed by atoms with Gasteiger partial charge in [0.2, 0.25) is 0 Å². The van der Waals surface area contributed by atoms with Gasteiger partial charge < -0.3 is 9.47 Å². The molecule has 1 fully saturated rings. The molecule has 116 valence electrons. The summed E-state index contributed by atoms with van der Waals surface area (Å²) in [5.41, 5.74) is 0.979. The van der Waals surface area contributed by atoms with Crippen molar-refractivity contribution < 1.29 is 14.3 Å². The second-order valence-corrected chi connectivity index (χ2v) is 6.51. The Morgan fingerprint density at radius 1 is 1.24 bits per heavy atom. The van der Waals surface area contributed by atoms with E-state index in [0.717, 1.165) is 18.4 Å². The first-order valence-corrected chi connectivity index (χ1v) is 7.93. The molecule has 0 N–H and O–H groups in total. The van der Waals surface area contributed by atoms with E-state index < -0.39 is 6.16 Å². The van der Waals surface area contributed by atoms with Crippen LogP contribution in [0, 0.1) is 17.8 Å². The molecule has 0 spiro atoms. The van der Waals surface area contributed by atoms with E-state index in [4.69, 9.17) is 9.47 Å². The average Bonchev–Trinajstić information content (AvgIpc) is 2.46. The Morgan fingerprint density at radius 2 is 1.95 bits per heavy atom. The van der Waals surface area contributed by atoms with Gasteiger partial charge in [-0.05, 0) is 36.2 Å². The number of benzene rings is 1. The molecule has 0 amide bonds. The van der Waals surface area contributed by atoms with Gasteiger partial charge in [0.15, 0.2) is 0 Å². The summed E-state index contributed by atoms with van der Waals surface area (Å²) in [4.78, 5) is 11.9. The van der Waals surface area contributed by atoms with Gasteiger partial charge in [0.05, 0.1) is 0 Å². The maximum absolute atomic E-state index is 11.9. The highest BCUT2D eigenvalue weighted by atomic mass is 16.7. The van der Waals surface area contributed by atoms with Gasteiger partial charge in [0.1, 0.15) is 12.7 Å². The van der Waals surface area contributed by atoms with E-state index >= 15 is 0 Å². The first kappa shape index (κ1) is 15.9. The lowest BCUT2D eigenvalue weighted by atomic mass is 9.75. The third kappa shape index (κ3) is 4.76. The molecule has 0 aliphatic heterocycles. The molecule has 1 aliphatic rings. The Balaban J connectivity index is 1.85. The first-order valence-electron chi connectivity index (χ1n) is 7.93. The zero-order valence-electron chi connectivity index (χ0n) is 13.2. The molecule has 0 saturated heterocycles. The fourth-order valence-electron chi connectivity index (χ4n) is 3.12. The summed E-state index contributed by atoms with van der Waals surface area (Å²) >= 11 is 0. The SMILES string of the molecule is CC(C)[C@H]1CC[C@H](C)C[C@@H]1OC(=O)OCc1ccccc1. The molecular weight excluding hydrogens is 264 g/mol. The Morgan fingerprint density at radius 3 is 2.62 bits per heavy atom. The van der Waals surface area contributed by atoms with Gasteiger partial charge >= 0.3 is 6.16 Å². The van der Waals surface area contributed by atoms with Crippen molar-refractivity contribution in [3.8, 4) is 0 Å². The highest BCUT2D eigenvalue weighted by Gasteiger charge is 2.33. The monoisotopic (exact) mass is 290 g/mol. The standard InChI is InChI=1S/C18H26O3/c1-13(2)16-10-9-14(3)11-17(16)21-18(19)20-12-15-7-5-4-6-8-15/h4-8,13-14,16-17H,9-12H2,1-3H3/t14-,16+,17-/m0/s1. The number of carbonyl (C=O) groups is 1. The quantitative estimate of drug-likeness (QED) is 0.747. The van der Waals surface area contributed by atoms with Gasteiger partial charge in [-0.2, -0.15) is 0 Å². The van der Waals surface area contributed by atoms with Crippen LogP contribution in [0.5, 0.6) is 0 Å². The zero-order valence-corrected chi connectivity index (χ0v) is 13.2. The fraction of sp³-hybridized carbons (Fsp3) is 0.611. The van der Waals surface area contributed by atoms with Gasteiger partial charge in [-0.25, -0.2) is 4.79 Å². The Labute approximate surface area is 127 Å². The minimum Gasteiger partial charge on any atom is -0.431 e. The molecule has 0 bridgehead atoms. The summed E-state index contributed by atoms with van der Waals surface area (Å²) in [6, 6.07) is 9.68. The highest BCUT2D eigenvalue weighted by molar-refractivity contribution is 5.60. The summed E-state index contributed by atoms with van der Waals surface area (Å²) in [6.07, 6.45) is 2.76. The number of hydrogen-bond donors (Lipinski definition) is 0. The molecule has 0 radical (unpaired) electrons. The third-order valence-corrected chi connectivity index (χ3v) is 4.41. The van der Waals surface area contributed by atoms with Crippen molar-refractivity contribution >= 4 is 6.16 Å². The summed E-state index contributed by atoms with van der Waals surface area (Å²) in [6.45, 7) is 6.90. The van der Waals surface area contributed by atoms with Crippen molar-refractivity contribution in [2.45, 2.75) is 52.7 Å². The average molecular weight is 290 g/mol. The summed E-state index contributed by atoms with van der Waals surface area (Å²) in [5, 5.41) is 0. The van der Waals surface area contributed by atoms with Crippen LogP contribution < -0.4 is 0 Å². The Bertz CT molecular complexity index is 441. The molecule has 3 nitrogen and oxygen atoms in total. The summed E-state index contributed by atoms with van der Waals surface area (Å²) in [5.74, 6) is 1.60. The fourth-order valence-corrected chi connectivity index (χ4v) is 3.12. The van der Waals surface area contributed by atoms with Crippen molar-refractivity contribution in [3.05, 3.63) is 35.9 Å². The topological polar surface area (TPSA) is 35.5 Å².